The number of hydrogen-bond acceptors (Lipinski definition) is 3. The number of amides is 2. The van der Waals surface area contributed by atoms with Crippen molar-refractivity contribution >= 4 is 23.2 Å². The molecule has 32 heavy (non-hydrogen) atoms. The lowest BCUT2D eigenvalue weighted by molar-refractivity contribution is -0.143. The number of halogens is 6. The highest BCUT2D eigenvalue weighted by Gasteiger charge is 2.37. The van der Waals surface area contributed by atoms with Gasteiger partial charge >= 0.3 is 12.4 Å². The van der Waals surface area contributed by atoms with Crippen LogP contribution in [0, 0.1) is 0 Å². The van der Waals surface area contributed by atoms with Gasteiger partial charge in [-0.2, -0.15) is 26.3 Å². The molecule has 1 saturated carbocycles. The lowest BCUT2D eigenvalue weighted by Gasteiger charge is -2.19. The molecule has 0 unspecified atom stereocenters. The third-order valence-corrected chi connectivity index (χ3v) is 4.74. The molecule has 0 atom stereocenters. The molecule has 2 N–H and O–H groups in total. The fourth-order valence-corrected chi connectivity index (χ4v) is 2.97. The Bertz CT molecular complexity index is 1010. The number of hydrogen-bond donors (Lipinski definition) is 2. The first kappa shape index (κ1) is 23.4. The van der Waals surface area contributed by atoms with E-state index in [9.17, 15) is 35.9 Å². The van der Waals surface area contributed by atoms with Crippen LogP contribution >= 0.6 is 0 Å². The fourth-order valence-electron chi connectivity index (χ4n) is 2.97. The second-order valence-electron chi connectivity index (χ2n) is 7.62. The van der Waals surface area contributed by atoms with Crippen molar-refractivity contribution < 1.29 is 35.9 Å². The van der Waals surface area contributed by atoms with Crippen molar-refractivity contribution in [3.8, 4) is 0 Å². The minimum absolute atomic E-state index is 0.0486. The van der Waals surface area contributed by atoms with Gasteiger partial charge in [0.25, 0.3) is 11.8 Å². The number of nitrogens with one attached hydrogen (secondary N) is 2. The van der Waals surface area contributed by atoms with Gasteiger partial charge in [0.15, 0.2) is 0 Å². The van der Waals surface area contributed by atoms with Crippen molar-refractivity contribution in [3.63, 3.8) is 0 Å². The molecule has 0 radical (unpaired) electrons. The predicted octanol–water partition coefficient (Wildman–Crippen LogP) is 4.93. The van der Waals surface area contributed by atoms with Crippen LogP contribution in [0.2, 0.25) is 0 Å². The Labute approximate surface area is 179 Å². The Morgan fingerprint density at radius 2 is 1.44 bits per heavy atom. The van der Waals surface area contributed by atoms with Crippen LogP contribution in [0.3, 0.4) is 0 Å². The average molecular weight is 459 g/mol. The van der Waals surface area contributed by atoms with E-state index in [1.54, 1.807) is 19.0 Å². The Hall–Kier alpha value is -3.24. The first-order valence-electron chi connectivity index (χ1n) is 9.49. The minimum atomic E-state index is -5.07. The zero-order chi connectivity index (χ0) is 23.8. The Morgan fingerprint density at radius 1 is 0.875 bits per heavy atom. The van der Waals surface area contributed by atoms with Gasteiger partial charge in [0.05, 0.1) is 16.7 Å². The third kappa shape index (κ3) is 5.51. The number of rotatable bonds is 5. The van der Waals surface area contributed by atoms with Crippen LogP contribution in [0.15, 0.2) is 36.4 Å². The summed E-state index contributed by atoms with van der Waals surface area (Å²) in [5, 5.41) is 5.07. The summed E-state index contributed by atoms with van der Waals surface area (Å²) in [5.41, 5.74) is -3.21. The summed E-state index contributed by atoms with van der Waals surface area (Å²) in [6, 6.07) is 4.94. The van der Waals surface area contributed by atoms with Gasteiger partial charge in [0, 0.05) is 37.1 Å². The third-order valence-electron chi connectivity index (χ3n) is 4.74. The number of carbonyl (C=O) groups excluding carboxylic acids is 2. The van der Waals surface area contributed by atoms with Gasteiger partial charge in [-0.15, -0.1) is 0 Å². The van der Waals surface area contributed by atoms with Gasteiger partial charge in [-0.1, -0.05) is 0 Å². The van der Waals surface area contributed by atoms with Crippen LogP contribution in [-0.2, 0) is 12.4 Å². The molecule has 5 nitrogen and oxygen atoms in total. The molecular weight excluding hydrogens is 440 g/mol. The quantitative estimate of drug-likeness (QED) is 0.623. The van der Waals surface area contributed by atoms with Gasteiger partial charge in [0.1, 0.15) is 0 Å². The normalized spacial score (nSPS) is 14.1. The Morgan fingerprint density at radius 3 is 1.91 bits per heavy atom. The molecule has 11 heteroatoms. The largest absolute Gasteiger partial charge is 0.416 e. The molecular formula is C21H19F6N3O2. The van der Waals surface area contributed by atoms with Crippen molar-refractivity contribution in [1.82, 2.24) is 5.32 Å². The van der Waals surface area contributed by atoms with Gasteiger partial charge in [-0.25, -0.2) is 0 Å². The van der Waals surface area contributed by atoms with Crippen molar-refractivity contribution in [2.75, 3.05) is 24.3 Å². The zero-order valence-electron chi connectivity index (χ0n) is 17.0. The van der Waals surface area contributed by atoms with Crippen LogP contribution in [0.4, 0.5) is 37.7 Å². The molecule has 0 aliphatic heterocycles. The van der Waals surface area contributed by atoms with Crippen LogP contribution in [0.5, 0.6) is 0 Å². The molecule has 1 aliphatic carbocycles. The lowest BCUT2D eigenvalue weighted by Crippen LogP contribution is -2.27. The number of nitrogens with zero attached hydrogens (tertiary/aromatic N) is 1. The van der Waals surface area contributed by atoms with E-state index in [0.29, 0.717) is 17.8 Å². The highest BCUT2D eigenvalue weighted by Crippen LogP contribution is 2.36. The fraction of sp³-hybridized carbons (Fsp3) is 0.333. The smallest absolute Gasteiger partial charge is 0.377 e. The molecule has 1 aliphatic rings. The van der Waals surface area contributed by atoms with E-state index in [-0.39, 0.29) is 23.4 Å². The summed E-state index contributed by atoms with van der Waals surface area (Å²) in [6.45, 7) is 0. The first-order valence-corrected chi connectivity index (χ1v) is 9.49. The van der Waals surface area contributed by atoms with Crippen molar-refractivity contribution in [3.05, 3.63) is 58.7 Å². The number of benzene rings is 2. The van der Waals surface area contributed by atoms with Crippen molar-refractivity contribution in [2.45, 2.75) is 31.2 Å². The average Bonchev–Trinajstić information content (AvgIpc) is 3.50. The van der Waals surface area contributed by atoms with E-state index in [1.165, 1.54) is 18.2 Å². The summed E-state index contributed by atoms with van der Waals surface area (Å²) in [7, 11) is 3.39. The maximum atomic E-state index is 13.0. The molecule has 2 aromatic rings. The highest BCUT2D eigenvalue weighted by molar-refractivity contribution is 6.06. The van der Waals surface area contributed by atoms with Gasteiger partial charge in [-0.05, 0) is 49.2 Å². The van der Waals surface area contributed by atoms with Crippen molar-refractivity contribution in [2.24, 2.45) is 0 Å². The van der Waals surface area contributed by atoms with E-state index in [4.69, 9.17) is 0 Å². The van der Waals surface area contributed by atoms with Crippen molar-refractivity contribution in [1.29, 1.82) is 0 Å². The summed E-state index contributed by atoms with van der Waals surface area (Å²) in [5.74, 6) is -1.57. The van der Waals surface area contributed by atoms with Crippen LogP contribution in [0.1, 0.15) is 44.7 Å². The van der Waals surface area contributed by atoms with Crippen LogP contribution in [0.25, 0.3) is 0 Å². The van der Waals surface area contributed by atoms with Gasteiger partial charge < -0.3 is 15.5 Å². The predicted molar refractivity (Wildman–Crippen MR) is 106 cm³/mol. The second kappa shape index (κ2) is 8.36. The van der Waals surface area contributed by atoms with Crippen LogP contribution < -0.4 is 15.5 Å². The monoisotopic (exact) mass is 459 g/mol. The molecule has 0 saturated heterocycles. The Kier molecular flexibility index (Phi) is 6.12. The van der Waals surface area contributed by atoms with E-state index >= 15 is 0 Å². The SMILES string of the molecule is CN(C)c1ccc(NC(=O)c2cc(C(F)(F)F)cc(C(F)(F)F)c2)cc1C(=O)NC1CC1. The molecule has 172 valence electrons. The highest BCUT2D eigenvalue weighted by atomic mass is 19.4. The summed E-state index contributed by atoms with van der Waals surface area (Å²) in [4.78, 5) is 26.7. The van der Waals surface area contributed by atoms with Crippen LogP contribution in [-0.4, -0.2) is 32.0 Å². The summed E-state index contributed by atoms with van der Waals surface area (Å²) < 4.78 is 78.3. The molecule has 0 aromatic heterocycles. The van der Waals surface area contributed by atoms with E-state index in [0.717, 1.165) is 12.8 Å². The lowest BCUT2D eigenvalue weighted by atomic mass is 10.0. The maximum absolute atomic E-state index is 13.0. The molecule has 0 bridgehead atoms. The van der Waals surface area contributed by atoms with E-state index in [1.807, 2.05) is 0 Å². The first-order chi connectivity index (χ1) is 14.8. The molecule has 2 amide bonds. The molecule has 0 spiro atoms. The maximum Gasteiger partial charge on any atom is 0.416 e. The van der Waals surface area contributed by atoms with E-state index in [2.05, 4.69) is 10.6 Å². The molecule has 3 rings (SSSR count). The van der Waals surface area contributed by atoms with Gasteiger partial charge in [-0.3, -0.25) is 9.59 Å². The van der Waals surface area contributed by atoms with E-state index < -0.39 is 40.9 Å². The zero-order valence-corrected chi connectivity index (χ0v) is 17.0. The van der Waals surface area contributed by atoms with Gasteiger partial charge in [0.2, 0.25) is 0 Å². The second-order valence-corrected chi connectivity index (χ2v) is 7.62. The summed E-state index contributed by atoms with van der Waals surface area (Å²) in [6.07, 6.45) is -8.46. The minimum Gasteiger partial charge on any atom is -0.377 e. The summed E-state index contributed by atoms with van der Waals surface area (Å²) >= 11 is 0. The Balaban J connectivity index is 1.93. The standard InChI is InChI=1S/C21H19F6N3O2/c1-30(2)17-6-5-15(10-16(17)19(32)28-14-3-4-14)29-18(31)11-7-12(20(22,23)24)9-13(8-11)21(25,26)27/h5-10,14H,3-4H2,1-2H3,(H,28,32)(H,29,31). The number of alkyl halides is 6. The molecule has 2 aromatic carbocycles. The number of carbonyl (C=O) groups is 2. The number of anilines is 2. The molecule has 0 heterocycles. The molecule has 1 fully saturated rings. The topological polar surface area (TPSA) is 61.4 Å².